The van der Waals surface area contributed by atoms with E-state index >= 15 is 0 Å². The zero-order valence-electron chi connectivity index (χ0n) is 19.3. The van der Waals surface area contributed by atoms with E-state index in [0.717, 1.165) is 10.3 Å². The van der Waals surface area contributed by atoms with Crippen molar-refractivity contribution in [3.05, 3.63) is 108 Å². The van der Waals surface area contributed by atoms with Gasteiger partial charge in [0.05, 0.1) is 29.4 Å². The highest BCUT2D eigenvalue weighted by Crippen LogP contribution is 2.33. The molecule has 0 fully saturated rings. The molecule has 0 saturated heterocycles. The molecule has 8 heteroatoms. The maximum absolute atomic E-state index is 13.9. The molecular weight excluding hydrogens is 458 g/mol. The SMILES string of the molecule is COC(=O)[C@H](c1ccccc1)[C@H](C(=O)Nc1cccc2cccnc12)N1C(=O)c2ccccc2C1=O. The number of rotatable bonds is 6. The Bertz CT molecular complexity index is 1460. The number of nitrogens with zero attached hydrogens (tertiary/aromatic N) is 2. The number of aromatic nitrogens is 1. The Kier molecular flexibility index (Phi) is 6.00. The third kappa shape index (κ3) is 3.88. The summed E-state index contributed by atoms with van der Waals surface area (Å²) in [6.07, 6.45) is 1.60. The number of amides is 3. The van der Waals surface area contributed by atoms with E-state index in [0.29, 0.717) is 16.8 Å². The summed E-state index contributed by atoms with van der Waals surface area (Å²) in [6.45, 7) is 0. The highest BCUT2D eigenvalue weighted by atomic mass is 16.5. The molecule has 0 spiro atoms. The molecule has 1 aliphatic heterocycles. The number of methoxy groups -OCH3 is 1. The quantitative estimate of drug-likeness (QED) is 0.333. The lowest BCUT2D eigenvalue weighted by Crippen LogP contribution is -2.52. The van der Waals surface area contributed by atoms with Crippen molar-refractivity contribution in [2.75, 3.05) is 12.4 Å². The van der Waals surface area contributed by atoms with Crippen molar-refractivity contribution in [1.29, 1.82) is 0 Å². The normalized spacial score (nSPS) is 14.3. The van der Waals surface area contributed by atoms with E-state index in [1.165, 1.54) is 19.2 Å². The highest BCUT2D eigenvalue weighted by Gasteiger charge is 2.49. The van der Waals surface area contributed by atoms with Gasteiger partial charge in [-0.15, -0.1) is 0 Å². The highest BCUT2D eigenvalue weighted by molar-refractivity contribution is 6.24. The van der Waals surface area contributed by atoms with Crippen molar-refractivity contribution in [3.63, 3.8) is 0 Å². The van der Waals surface area contributed by atoms with E-state index in [2.05, 4.69) is 10.3 Å². The summed E-state index contributed by atoms with van der Waals surface area (Å²) in [5, 5.41) is 3.60. The van der Waals surface area contributed by atoms with Gasteiger partial charge >= 0.3 is 5.97 Å². The fourth-order valence-corrected chi connectivity index (χ4v) is 4.52. The first-order valence-electron chi connectivity index (χ1n) is 11.3. The van der Waals surface area contributed by atoms with Crippen LogP contribution in [0.25, 0.3) is 10.9 Å². The number of fused-ring (bicyclic) bond motifs is 2. The molecule has 0 radical (unpaired) electrons. The van der Waals surface area contributed by atoms with Crippen LogP contribution in [0.5, 0.6) is 0 Å². The van der Waals surface area contributed by atoms with Crippen LogP contribution in [-0.2, 0) is 14.3 Å². The first-order chi connectivity index (χ1) is 17.5. The van der Waals surface area contributed by atoms with Crippen LogP contribution in [0.1, 0.15) is 32.2 Å². The van der Waals surface area contributed by atoms with Gasteiger partial charge in [0.2, 0.25) is 5.91 Å². The lowest BCUT2D eigenvalue weighted by atomic mass is 9.89. The number of nitrogens with one attached hydrogen (secondary N) is 1. The molecule has 8 nitrogen and oxygen atoms in total. The maximum atomic E-state index is 13.9. The second kappa shape index (κ2) is 9.42. The van der Waals surface area contributed by atoms with Crippen LogP contribution in [-0.4, -0.2) is 46.7 Å². The minimum Gasteiger partial charge on any atom is -0.468 e. The number of benzene rings is 3. The number of hydrogen-bond acceptors (Lipinski definition) is 6. The lowest BCUT2D eigenvalue weighted by molar-refractivity contribution is -0.145. The van der Waals surface area contributed by atoms with Crippen LogP contribution in [0.2, 0.25) is 0 Å². The molecular formula is C28H21N3O5. The molecule has 1 N–H and O–H groups in total. The molecule has 0 aliphatic carbocycles. The average molecular weight is 479 g/mol. The molecule has 3 amide bonds. The average Bonchev–Trinajstić information content (AvgIpc) is 3.17. The molecule has 2 atom stereocenters. The summed E-state index contributed by atoms with van der Waals surface area (Å²) in [4.78, 5) is 59.1. The number of pyridine rings is 1. The maximum Gasteiger partial charge on any atom is 0.315 e. The Morgan fingerprint density at radius 3 is 2.14 bits per heavy atom. The van der Waals surface area contributed by atoms with Crippen molar-refractivity contribution < 1.29 is 23.9 Å². The van der Waals surface area contributed by atoms with E-state index in [1.54, 1.807) is 66.9 Å². The number of hydrogen-bond donors (Lipinski definition) is 1. The number of carbonyl (C=O) groups excluding carboxylic acids is 4. The van der Waals surface area contributed by atoms with Crippen molar-refractivity contribution in [1.82, 2.24) is 9.88 Å². The van der Waals surface area contributed by atoms with Gasteiger partial charge in [-0.1, -0.05) is 60.7 Å². The van der Waals surface area contributed by atoms with Crippen molar-refractivity contribution >= 4 is 40.3 Å². The number of ether oxygens (including phenoxy) is 1. The smallest absolute Gasteiger partial charge is 0.315 e. The molecule has 36 heavy (non-hydrogen) atoms. The molecule has 3 aromatic carbocycles. The predicted molar refractivity (Wildman–Crippen MR) is 132 cm³/mol. The number of esters is 1. The summed E-state index contributed by atoms with van der Waals surface area (Å²) in [7, 11) is 1.20. The molecule has 4 aromatic rings. The van der Waals surface area contributed by atoms with Gasteiger partial charge in [0.15, 0.2) is 0 Å². The second-order valence-electron chi connectivity index (χ2n) is 8.25. The Balaban J connectivity index is 1.64. The fraction of sp³-hybridized carbons (Fsp3) is 0.107. The van der Waals surface area contributed by atoms with Crippen LogP contribution in [0.15, 0.2) is 91.1 Å². The Morgan fingerprint density at radius 1 is 0.833 bits per heavy atom. The van der Waals surface area contributed by atoms with Crippen molar-refractivity contribution in [3.8, 4) is 0 Å². The summed E-state index contributed by atoms with van der Waals surface area (Å²) >= 11 is 0. The van der Waals surface area contributed by atoms with Gasteiger partial charge in [-0.25, -0.2) is 0 Å². The van der Waals surface area contributed by atoms with Gasteiger partial charge in [0, 0.05) is 11.6 Å². The number of anilines is 1. The molecule has 0 unspecified atom stereocenters. The van der Waals surface area contributed by atoms with Crippen LogP contribution in [0, 0.1) is 0 Å². The van der Waals surface area contributed by atoms with Crippen LogP contribution in [0.4, 0.5) is 5.69 Å². The second-order valence-corrected chi connectivity index (χ2v) is 8.25. The fourth-order valence-electron chi connectivity index (χ4n) is 4.52. The third-order valence-electron chi connectivity index (χ3n) is 6.19. The Labute approximate surface area is 206 Å². The zero-order chi connectivity index (χ0) is 25.2. The van der Waals surface area contributed by atoms with E-state index in [1.807, 2.05) is 12.1 Å². The molecule has 1 aromatic heterocycles. The minimum absolute atomic E-state index is 0.170. The van der Waals surface area contributed by atoms with Gasteiger partial charge in [-0.3, -0.25) is 29.1 Å². The number of imide groups is 1. The van der Waals surface area contributed by atoms with E-state index in [9.17, 15) is 19.2 Å². The van der Waals surface area contributed by atoms with Gasteiger partial charge in [-0.2, -0.15) is 0 Å². The van der Waals surface area contributed by atoms with Gasteiger partial charge < -0.3 is 10.1 Å². The zero-order valence-corrected chi connectivity index (χ0v) is 19.3. The lowest BCUT2D eigenvalue weighted by Gasteiger charge is -2.31. The largest absolute Gasteiger partial charge is 0.468 e. The summed E-state index contributed by atoms with van der Waals surface area (Å²) in [5.74, 6) is -4.05. The van der Waals surface area contributed by atoms with Crippen LogP contribution in [0.3, 0.4) is 0 Å². The topological polar surface area (TPSA) is 106 Å². The summed E-state index contributed by atoms with van der Waals surface area (Å²) < 4.78 is 5.04. The number of carbonyl (C=O) groups is 4. The molecule has 1 aliphatic rings. The Hall–Kier alpha value is -4.85. The Morgan fingerprint density at radius 2 is 1.47 bits per heavy atom. The van der Waals surface area contributed by atoms with E-state index < -0.39 is 35.7 Å². The molecule has 0 bridgehead atoms. The first kappa shape index (κ1) is 22.9. The van der Waals surface area contributed by atoms with E-state index in [-0.39, 0.29) is 11.1 Å². The van der Waals surface area contributed by atoms with Gasteiger partial charge in [-0.05, 0) is 29.8 Å². The first-order valence-corrected chi connectivity index (χ1v) is 11.3. The van der Waals surface area contributed by atoms with Gasteiger partial charge in [0.1, 0.15) is 12.0 Å². The molecule has 5 rings (SSSR count). The van der Waals surface area contributed by atoms with Crippen LogP contribution < -0.4 is 5.32 Å². The summed E-state index contributed by atoms with van der Waals surface area (Å²) in [6, 6.07) is 22.2. The standard InChI is InChI=1S/C28H21N3O5/c1-36-28(35)22(17-9-3-2-4-10-17)24(31-26(33)19-13-5-6-14-20(19)27(31)34)25(32)30-21-15-7-11-18-12-8-16-29-23(18)21/h2-16,22,24H,1H3,(H,30,32)/t22-,24-/m1/s1. The molecule has 0 saturated carbocycles. The number of para-hydroxylation sites is 1. The molecule has 178 valence electrons. The van der Waals surface area contributed by atoms with E-state index in [4.69, 9.17) is 4.74 Å². The van der Waals surface area contributed by atoms with Crippen molar-refractivity contribution in [2.45, 2.75) is 12.0 Å². The van der Waals surface area contributed by atoms with Crippen molar-refractivity contribution in [2.24, 2.45) is 0 Å². The third-order valence-corrected chi connectivity index (χ3v) is 6.19. The molecule has 2 heterocycles. The van der Waals surface area contributed by atoms with Crippen LogP contribution >= 0.6 is 0 Å². The predicted octanol–water partition coefficient (Wildman–Crippen LogP) is 3.79. The monoisotopic (exact) mass is 479 g/mol. The van der Waals surface area contributed by atoms with Gasteiger partial charge in [0.25, 0.3) is 11.8 Å². The minimum atomic E-state index is -1.52. The summed E-state index contributed by atoms with van der Waals surface area (Å²) in [5.41, 5.74) is 1.69.